The van der Waals surface area contributed by atoms with Gasteiger partial charge in [0.1, 0.15) is 0 Å². The van der Waals surface area contributed by atoms with E-state index in [4.69, 9.17) is 11.5 Å². The molecule has 4 N–H and O–H groups in total. The Morgan fingerprint density at radius 2 is 1.40 bits per heavy atom. The summed E-state index contributed by atoms with van der Waals surface area (Å²) in [4.78, 5) is 20.2. The molecule has 2 amide bonds. The molecule has 0 spiro atoms. The number of carbonyl (C=O) groups excluding carboxylic acids is 2. The monoisotopic (exact) mass is 163 g/mol. The Hall–Kier alpha value is -0.960. The summed E-state index contributed by atoms with van der Waals surface area (Å²) in [7, 11) is -1.86. The smallest absolute Gasteiger partial charge is 0.358 e. The Morgan fingerprint density at radius 3 is 1.60 bits per heavy atom. The molecule has 0 unspecified atom stereocenters. The summed E-state index contributed by atoms with van der Waals surface area (Å²) in [6, 6.07) is 0. The third-order valence-corrected chi connectivity index (χ3v) is 1.99. The Morgan fingerprint density at radius 1 is 1.10 bits per heavy atom. The highest BCUT2D eigenvalue weighted by Crippen LogP contribution is 2.17. The fourth-order valence-corrected chi connectivity index (χ4v) is 1.21. The quantitative estimate of drug-likeness (QED) is 0.508. The van der Waals surface area contributed by atoms with Crippen LogP contribution in [0, 0.1) is 0 Å². The molecular weight excluding hydrogens is 155 g/mol. The number of primary amides is 2. The number of carbonyl (C=O) groups is 2. The predicted molar refractivity (Wildman–Crippen MR) is 35.7 cm³/mol. The summed E-state index contributed by atoms with van der Waals surface area (Å²) in [5.74, 6) is -1.36. The number of hydrogen-bond acceptors (Lipinski definition) is 3. The Balaban J connectivity index is 3.65. The van der Waals surface area contributed by atoms with Crippen LogP contribution in [0.3, 0.4) is 0 Å². The van der Waals surface area contributed by atoms with E-state index in [2.05, 4.69) is 0 Å². The molecule has 0 aliphatic carbocycles. The molecule has 6 heteroatoms. The van der Waals surface area contributed by atoms with E-state index in [0.717, 1.165) is 0 Å². The molecule has 0 radical (unpaired) electrons. The van der Waals surface area contributed by atoms with E-state index in [1.807, 2.05) is 0 Å². The zero-order valence-corrected chi connectivity index (χ0v) is 6.14. The maximum atomic E-state index is 10.6. The van der Waals surface area contributed by atoms with Gasteiger partial charge in [0.2, 0.25) is 12.3 Å². The fraction of sp³-hybridized carbons (Fsp3) is 0.500. The number of amides is 2. The first-order valence-corrected chi connectivity index (χ1v) is 4.14. The lowest BCUT2D eigenvalue weighted by Crippen LogP contribution is -2.18. The molecule has 5 nitrogen and oxygen atoms in total. The van der Waals surface area contributed by atoms with Gasteiger partial charge < -0.3 is 11.5 Å². The lowest BCUT2D eigenvalue weighted by atomic mass is 10.7. The molecule has 0 aromatic rings. The topological polar surface area (TPSA) is 103 Å². The summed E-state index contributed by atoms with van der Waals surface area (Å²) >= 11 is 0. The average Bonchev–Trinajstić information content (AvgIpc) is 1.58. The standard InChI is InChI=1S/C4H7N2O3P/c5-3(7)1-10(9)2-4(6)8/h1-2H2,(H3-,5,6,7,8)/p+1. The van der Waals surface area contributed by atoms with Gasteiger partial charge in [-0.3, -0.25) is 9.59 Å². The third kappa shape index (κ3) is 5.18. The molecule has 0 aromatic carbocycles. The van der Waals surface area contributed by atoms with Gasteiger partial charge in [0.25, 0.3) is 11.8 Å². The highest BCUT2D eigenvalue weighted by Gasteiger charge is 2.20. The number of hydrogen-bond donors (Lipinski definition) is 2. The highest BCUT2D eigenvalue weighted by molar-refractivity contribution is 7.46. The van der Waals surface area contributed by atoms with Crippen molar-refractivity contribution in [3.8, 4) is 0 Å². The van der Waals surface area contributed by atoms with E-state index >= 15 is 0 Å². The molecule has 0 heterocycles. The van der Waals surface area contributed by atoms with Gasteiger partial charge in [0, 0.05) is 0 Å². The average molecular weight is 163 g/mol. The first kappa shape index (κ1) is 9.04. The Kier molecular flexibility index (Phi) is 3.57. The molecule has 0 bridgehead atoms. The van der Waals surface area contributed by atoms with E-state index in [-0.39, 0.29) is 12.3 Å². The van der Waals surface area contributed by atoms with Crippen LogP contribution >= 0.6 is 7.80 Å². The van der Waals surface area contributed by atoms with Gasteiger partial charge in [-0.05, 0) is 0 Å². The zero-order chi connectivity index (χ0) is 8.15. The van der Waals surface area contributed by atoms with Crippen LogP contribution in [0.15, 0.2) is 0 Å². The highest BCUT2D eigenvalue weighted by atomic mass is 31.1. The van der Waals surface area contributed by atoms with Crippen molar-refractivity contribution >= 4 is 19.6 Å². The van der Waals surface area contributed by atoms with Crippen LogP contribution in [0.4, 0.5) is 0 Å². The van der Waals surface area contributed by atoms with Crippen molar-refractivity contribution in [2.45, 2.75) is 0 Å². The molecular formula is C4H8N2O3P+. The molecule has 0 aromatic heterocycles. The van der Waals surface area contributed by atoms with Crippen molar-refractivity contribution in [1.29, 1.82) is 0 Å². The normalized spacial score (nSPS) is 8.80. The molecule has 56 valence electrons. The van der Waals surface area contributed by atoms with Crippen LogP contribution in [-0.2, 0) is 14.2 Å². The maximum absolute atomic E-state index is 10.6. The molecule has 0 aliphatic heterocycles. The minimum absolute atomic E-state index is 0.266. The lowest BCUT2D eigenvalue weighted by Gasteiger charge is -1.80. The Labute approximate surface area is 58.5 Å². The molecule has 0 rings (SSSR count). The van der Waals surface area contributed by atoms with E-state index in [0.29, 0.717) is 0 Å². The summed E-state index contributed by atoms with van der Waals surface area (Å²) in [5, 5.41) is 0. The molecule has 0 aliphatic rings. The van der Waals surface area contributed by atoms with Crippen LogP contribution in [0.1, 0.15) is 0 Å². The molecule has 0 saturated carbocycles. The molecule has 10 heavy (non-hydrogen) atoms. The zero-order valence-electron chi connectivity index (χ0n) is 5.24. The van der Waals surface area contributed by atoms with Crippen LogP contribution in [0.5, 0.6) is 0 Å². The van der Waals surface area contributed by atoms with E-state index in [1.165, 1.54) is 0 Å². The first-order valence-electron chi connectivity index (χ1n) is 2.51. The fourth-order valence-electron chi connectivity index (χ4n) is 0.404. The van der Waals surface area contributed by atoms with Crippen LogP contribution in [-0.4, -0.2) is 24.1 Å². The minimum Gasteiger partial charge on any atom is -0.366 e. The van der Waals surface area contributed by atoms with Gasteiger partial charge >= 0.3 is 7.80 Å². The molecule has 0 saturated heterocycles. The molecule has 0 fully saturated rings. The maximum Gasteiger partial charge on any atom is 0.358 e. The number of nitrogens with two attached hydrogens (primary N) is 2. The predicted octanol–water partition coefficient (Wildman–Crippen LogP) is -1.22. The summed E-state index contributed by atoms with van der Waals surface area (Å²) in [6.45, 7) is 0. The lowest BCUT2D eigenvalue weighted by molar-refractivity contribution is -0.116. The Bertz CT molecular complexity index is 161. The second-order valence-electron chi connectivity index (χ2n) is 1.73. The van der Waals surface area contributed by atoms with Gasteiger partial charge in [-0.2, -0.15) is 0 Å². The van der Waals surface area contributed by atoms with Crippen LogP contribution in [0.25, 0.3) is 0 Å². The largest absolute Gasteiger partial charge is 0.366 e. The summed E-state index contributed by atoms with van der Waals surface area (Å²) in [6.07, 6.45) is -0.531. The van der Waals surface area contributed by atoms with Crippen LogP contribution in [0.2, 0.25) is 0 Å². The molecule has 0 atom stereocenters. The van der Waals surface area contributed by atoms with Crippen molar-refractivity contribution in [3.63, 3.8) is 0 Å². The SMILES string of the molecule is NC(=O)C[P+](=O)CC(N)=O. The van der Waals surface area contributed by atoms with Gasteiger partial charge in [-0.1, -0.05) is 4.57 Å². The summed E-state index contributed by atoms with van der Waals surface area (Å²) < 4.78 is 10.6. The second-order valence-corrected chi connectivity index (χ2v) is 3.33. The van der Waals surface area contributed by atoms with E-state index < -0.39 is 19.6 Å². The van der Waals surface area contributed by atoms with Crippen LogP contribution < -0.4 is 11.5 Å². The third-order valence-electron chi connectivity index (χ3n) is 0.664. The minimum atomic E-state index is -1.86. The van der Waals surface area contributed by atoms with Crippen molar-refractivity contribution in [1.82, 2.24) is 0 Å². The number of rotatable bonds is 4. The summed E-state index contributed by atoms with van der Waals surface area (Å²) in [5.41, 5.74) is 9.39. The van der Waals surface area contributed by atoms with Crippen molar-refractivity contribution in [2.24, 2.45) is 11.5 Å². The van der Waals surface area contributed by atoms with Gasteiger partial charge in [0.15, 0.2) is 0 Å². The first-order chi connectivity index (χ1) is 4.52. The van der Waals surface area contributed by atoms with Crippen molar-refractivity contribution in [3.05, 3.63) is 0 Å². The van der Waals surface area contributed by atoms with Gasteiger partial charge in [0.05, 0.1) is 0 Å². The van der Waals surface area contributed by atoms with Gasteiger partial charge in [-0.15, -0.1) is 0 Å². The van der Waals surface area contributed by atoms with E-state index in [9.17, 15) is 14.2 Å². The van der Waals surface area contributed by atoms with E-state index in [1.54, 1.807) is 0 Å². The van der Waals surface area contributed by atoms with Crippen molar-refractivity contribution in [2.75, 3.05) is 12.3 Å². The van der Waals surface area contributed by atoms with Gasteiger partial charge in [-0.25, -0.2) is 0 Å². The van der Waals surface area contributed by atoms with Crippen molar-refractivity contribution < 1.29 is 14.2 Å². The second kappa shape index (κ2) is 3.95.